The molecule has 0 spiro atoms. The average molecular weight is 353 g/mol. The van der Waals surface area contributed by atoms with Gasteiger partial charge in [-0.05, 0) is 51.4 Å². The summed E-state index contributed by atoms with van der Waals surface area (Å²) in [6, 6.07) is 0. The molecule has 0 heterocycles. The van der Waals surface area contributed by atoms with Crippen LogP contribution in [0, 0.1) is 0 Å². The Hall–Kier alpha value is -1.16. The van der Waals surface area contributed by atoms with Crippen molar-refractivity contribution >= 4 is 0 Å². The Morgan fingerprint density at radius 1 is 0.480 bits per heavy atom. The van der Waals surface area contributed by atoms with E-state index in [1.807, 2.05) is 0 Å². The molecule has 0 radical (unpaired) electrons. The molecule has 0 aliphatic carbocycles. The molecule has 0 saturated heterocycles. The van der Waals surface area contributed by atoms with Gasteiger partial charge in [-0.15, -0.1) is 0 Å². The molecule has 0 rings (SSSR count). The lowest BCUT2D eigenvalue weighted by Gasteiger charge is -1.91. The SMILES string of the molecule is CCCCC/C=C/C/C=C/C/C=C/C/C=C/CCCCO.OCCO. The standard InChI is InChI=1S/C20H34O.C2H6O2/c1-2-3-4-5-6-7-8-9-10-11-12-13-14-15-16-17-18-19-20-21;3-1-2-4/h6-7,9-10,12-13,15-16,21H,2-5,8,11,14,17-20H2,1H3;3-4H,1-2H2/b7-6+,10-9+,13-12+,16-15+;. The van der Waals surface area contributed by atoms with Crippen LogP contribution in [-0.2, 0) is 0 Å². The van der Waals surface area contributed by atoms with Crippen LogP contribution in [-0.4, -0.2) is 35.1 Å². The van der Waals surface area contributed by atoms with Crippen molar-refractivity contribution < 1.29 is 15.3 Å². The maximum Gasteiger partial charge on any atom is 0.0662 e. The van der Waals surface area contributed by atoms with Gasteiger partial charge in [-0.2, -0.15) is 0 Å². The topological polar surface area (TPSA) is 60.7 Å². The molecule has 0 unspecified atom stereocenters. The first-order chi connectivity index (χ1) is 12.3. The highest BCUT2D eigenvalue weighted by Crippen LogP contribution is 2.01. The van der Waals surface area contributed by atoms with Gasteiger partial charge in [0.15, 0.2) is 0 Å². The Labute approximate surface area is 155 Å². The van der Waals surface area contributed by atoms with Gasteiger partial charge in [0, 0.05) is 6.61 Å². The van der Waals surface area contributed by atoms with Crippen molar-refractivity contribution in [3.05, 3.63) is 48.6 Å². The summed E-state index contributed by atoms with van der Waals surface area (Å²) in [4.78, 5) is 0. The van der Waals surface area contributed by atoms with Crippen molar-refractivity contribution in [2.75, 3.05) is 19.8 Å². The number of allylic oxidation sites excluding steroid dienone is 8. The van der Waals surface area contributed by atoms with Gasteiger partial charge in [0.2, 0.25) is 0 Å². The van der Waals surface area contributed by atoms with Crippen LogP contribution >= 0.6 is 0 Å². The maximum absolute atomic E-state index is 8.65. The molecule has 0 aliphatic rings. The lowest BCUT2D eigenvalue weighted by Crippen LogP contribution is -1.85. The van der Waals surface area contributed by atoms with Crippen LogP contribution in [0.15, 0.2) is 48.6 Å². The second-order valence-corrected chi connectivity index (χ2v) is 5.76. The number of aliphatic hydroxyl groups excluding tert-OH is 3. The van der Waals surface area contributed by atoms with E-state index in [0.29, 0.717) is 6.61 Å². The second kappa shape index (κ2) is 27.7. The van der Waals surface area contributed by atoms with Crippen LogP contribution in [0.2, 0.25) is 0 Å². The van der Waals surface area contributed by atoms with Gasteiger partial charge in [0.05, 0.1) is 13.2 Å². The molecule has 0 aromatic rings. The largest absolute Gasteiger partial charge is 0.396 e. The molecule has 0 aromatic carbocycles. The molecule has 0 aliphatic heterocycles. The zero-order chi connectivity index (χ0) is 18.8. The molecular weight excluding hydrogens is 312 g/mol. The number of hydrogen-bond acceptors (Lipinski definition) is 3. The van der Waals surface area contributed by atoms with E-state index in [4.69, 9.17) is 15.3 Å². The predicted molar refractivity (Wildman–Crippen MR) is 110 cm³/mol. The molecule has 0 bridgehead atoms. The minimum absolute atomic E-state index is 0.125. The third kappa shape index (κ3) is 31.2. The predicted octanol–water partition coefficient (Wildman–Crippen LogP) is 5.10. The van der Waals surface area contributed by atoms with Gasteiger partial charge in [-0.25, -0.2) is 0 Å². The van der Waals surface area contributed by atoms with E-state index in [2.05, 4.69) is 55.5 Å². The summed E-state index contributed by atoms with van der Waals surface area (Å²) in [5.74, 6) is 0. The minimum atomic E-state index is -0.125. The molecule has 3 nitrogen and oxygen atoms in total. The lowest BCUT2D eigenvalue weighted by molar-refractivity contribution is 0.186. The Bertz CT molecular complexity index is 298. The maximum atomic E-state index is 8.65. The molecule has 3 N–H and O–H groups in total. The highest BCUT2D eigenvalue weighted by Gasteiger charge is 1.82. The van der Waals surface area contributed by atoms with Crippen molar-refractivity contribution in [3.8, 4) is 0 Å². The molecular formula is C22H40O3. The van der Waals surface area contributed by atoms with E-state index in [-0.39, 0.29) is 13.2 Å². The van der Waals surface area contributed by atoms with Gasteiger partial charge in [-0.3, -0.25) is 0 Å². The zero-order valence-electron chi connectivity index (χ0n) is 16.2. The zero-order valence-corrected chi connectivity index (χ0v) is 16.2. The van der Waals surface area contributed by atoms with Crippen molar-refractivity contribution in [2.45, 2.75) is 71.1 Å². The highest BCUT2D eigenvalue weighted by molar-refractivity contribution is 4.99. The molecule has 3 heteroatoms. The summed E-state index contributed by atoms with van der Waals surface area (Å²) in [5, 5.41) is 23.9. The van der Waals surface area contributed by atoms with Crippen molar-refractivity contribution in [3.63, 3.8) is 0 Å². The summed E-state index contributed by atoms with van der Waals surface area (Å²) in [7, 11) is 0. The van der Waals surface area contributed by atoms with Gasteiger partial charge in [0.1, 0.15) is 0 Å². The van der Waals surface area contributed by atoms with Crippen LogP contribution in [0.1, 0.15) is 71.1 Å². The number of unbranched alkanes of at least 4 members (excludes halogenated alkanes) is 5. The fraction of sp³-hybridized carbons (Fsp3) is 0.636. The quantitative estimate of drug-likeness (QED) is 0.284. The molecule has 0 aromatic heterocycles. The fourth-order valence-corrected chi connectivity index (χ4v) is 1.93. The second-order valence-electron chi connectivity index (χ2n) is 5.76. The van der Waals surface area contributed by atoms with Gasteiger partial charge >= 0.3 is 0 Å². The first-order valence-corrected chi connectivity index (χ1v) is 9.76. The smallest absolute Gasteiger partial charge is 0.0662 e. The van der Waals surface area contributed by atoms with Gasteiger partial charge in [-0.1, -0.05) is 68.4 Å². The highest BCUT2D eigenvalue weighted by atomic mass is 16.3. The molecule has 0 saturated carbocycles. The normalized spacial score (nSPS) is 11.8. The first kappa shape index (κ1) is 26.1. The third-order valence-electron chi connectivity index (χ3n) is 3.34. The van der Waals surface area contributed by atoms with Gasteiger partial charge < -0.3 is 15.3 Å². The van der Waals surface area contributed by atoms with Crippen LogP contribution in [0.5, 0.6) is 0 Å². The van der Waals surface area contributed by atoms with E-state index in [0.717, 1.165) is 38.5 Å². The van der Waals surface area contributed by atoms with Crippen molar-refractivity contribution in [2.24, 2.45) is 0 Å². The average Bonchev–Trinajstić information content (AvgIpc) is 2.64. The number of rotatable bonds is 15. The summed E-state index contributed by atoms with van der Waals surface area (Å²) >= 11 is 0. The summed E-state index contributed by atoms with van der Waals surface area (Å²) in [6.07, 6.45) is 29.3. The minimum Gasteiger partial charge on any atom is -0.396 e. The van der Waals surface area contributed by atoms with E-state index >= 15 is 0 Å². The Kier molecular flexibility index (Phi) is 28.9. The summed E-state index contributed by atoms with van der Waals surface area (Å²) in [6.45, 7) is 2.31. The molecule has 25 heavy (non-hydrogen) atoms. The first-order valence-electron chi connectivity index (χ1n) is 9.76. The number of aliphatic hydroxyl groups is 3. The van der Waals surface area contributed by atoms with E-state index in [9.17, 15) is 0 Å². The Morgan fingerprint density at radius 2 is 0.880 bits per heavy atom. The molecule has 0 fully saturated rings. The summed E-state index contributed by atoms with van der Waals surface area (Å²) in [5.41, 5.74) is 0. The Balaban J connectivity index is 0. The van der Waals surface area contributed by atoms with Crippen LogP contribution in [0.3, 0.4) is 0 Å². The lowest BCUT2D eigenvalue weighted by atomic mass is 10.2. The summed E-state index contributed by atoms with van der Waals surface area (Å²) < 4.78 is 0. The fourth-order valence-electron chi connectivity index (χ4n) is 1.93. The van der Waals surface area contributed by atoms with E-state index in [1.54, 1.807) is 0 Å². The van der Waals surface area contributed by atoms with Crippen molar-refractivity contribution in [1.29, 1.82) is 0 Å². The van der Waals surface area contributed by atoms with E-state index < -0.39 is 0 Å². The van der Waals surface area contributed by atoms with Gasteiger partial charge in [0.25, 0.3) is 0 Å². The van der Waals surface area contributed by atoms with Crippen LogP contribution < -0.4 is 0 Å². The van der Waals surface area contributed by atoms with Crippen LogP contribution in [0.25, 0.3) is 0 Å². The molecule has 0 amide bonds. The molecule has 146 valence electrons. The van der Waals surface area contributed by atoms with E-state index in [1.165, 1.54) is 25.7 Å². The third-order valence-corrected chi connectivity index (χ3v) is 3.34. The molecule has 0 atom stereocenters. The number of hydrogen-bond donors (Lipinski definition) is 3. The van der Waals surface area contributed by atoms with Crippen LogP contribution in [0.4, 0.5) is 0 Å². The monoisotopic (exact) mass is 352 g/mol. The van der Waals surface area contributed by atoms with Crippen molar-refractivity contribution in [1.82, 2.24) is 0 Å². The Morgan fingerprint density at radius 3 is 1.24 bits per heavy atom.